The molecule has 1 fully saturated rings. The van der Waals surface area contributed by atoms with E-state index in [1.165, 1.54) is 37.1 Å². The molecule has 1 saturated heterocycles. The zero-order valence-corrected chi connectivity index (χ0v) is 12.3. The molecular formula is C13H19BrN2S. The van der Waals surface area contributed by atoms with Crippen LogP contribution >= 0.6 is 27.7 Å². The maximum Gasteiger partial charge on any atom is 0.0463 e. The number of hydrogen-bond acceptors (Lipinski definition) is 3. The highest BCUT2D eigenvalue weighted by molar-refractivity contribution is 9.10. The van der Waals surface area contributed by atoms with E-state index >= 15 is 0 Å². The van der Waals surface area contributed by atoms with E-state index in [1.54, 1.807) is 0 Å². The van der Waals surface area contributed by atoms with Crippen molar-refractivity contribution in [2.45, 2.75) is 36.6 Å². The molecular weight excluding hydrogens is 296 g/mol. The summed E-state index contributed by atoms with van der Waals surface area (Å²) in [6, 6.07) is 6.84. The first-order valence-corrected chi connectivity index (χ1v) is 7.95. The number of halogens is 1. The molecule has 1 heterocycles. The van der Waals surface area contributed by atoms with Gasteiger partial charge in [-0.05, 0) is 49.8 Å². The number of nitrogen functional groups attached to an aromatic ring is 1. The van der Waals surface area contributed by atoms with Gasteiger partial charge in [-0.25, -0.2) is 0 Å². The predicted octanol–water partition coefficient (Wildman–Crippen LogP) is 3.66. The monoisotopic (exact) mass is 314 g/mol. The molecule has 17 heavy (non-hydrogen) atoms. The second-order valence-electron chi connectivity index (χ2n) is 4.47. The van der Waals surface area contributed by atoms with Crippen molar-refractivity contribution in [2.75, 3.05) is 18.0 Å². The van der Waals surface area contributed by atoms with E-state index in [9.17, 15) is 0 Å². The normalized spacial score (nSPS) is 20.4. The van der Waals surface area contributed by atoms with E-state index < -0.39 is 0 Å². The van der Waals surface area contributed by atoms with Gasteiger partial charge in [0, 0.05) is 21.1 Å². The van der Waals surface area contributed by atoms with E-state index in [1.807, 2.05) is 17.8 Å². The number of rotatable bonds is 4. The number of benzene rings is 1. The summed E-state index contributed by atoms with van der Waals surface area (Å²) in [5, 5.41) is 3.58. The number of nitrogens with one attached hydrogen (secondary N) is 1. The van der Waals surface area contributed by atoms with Crippen molar-refractivity contribution in [3.8, 4) is 0 Å². The zero-order chi connectivity index (χ0) is 12.1. The Morgan fingerprint density at radius 1 is 1.41 bits per heavy atom. The molecule has 0 aromatic heterocycles. The number of hydrogen-bond donors (Lipinski definition) is 2. The summed E-state index contributed by atoms with van der Waals surface area (Å²) >= 11 is 5.29. The van der Waals surface area contributed by atoms with Crippen LogP contribution in [0.25, 0.3) is 0 Å². The van der Waals surface area contributed by atoms with Crippen LogP contribution in [-0.4, -0.2) is 18.3 Å². The van der Waals surface area contributed by atoms with Gasteiger partial charge in [-0.2, -0.15) is 0 Å². The Balaban J connectivity index is 1.77. The Hall–Kier alpha value is -0.190. The average molecular weight is 315 g/mol. The van der Waals surface area contributed by atoms with Gasteiger partial charge in [0.2, 0.25) is 0 Å². The van der Waals surface area contributed by atoms with Gasteiger partial charge >= 0.3 is 0 Å². The lowest BCUT2D eigenvalue weighted by Crippen LogP contribution is -2.34. The molecule has 2 rings (SSSR count). The summed E-state index contributed by atoms with van der Waals surface area (Å²) in [6.45, 7) is 1.19. The van der Waals surface area contributed by atoms with Crippen LogP contribution < -0.4 is 11.1 Å². The minimum absolute atomic E-state index is 0.716. The van der Waals surface area contributed by atoms with Crippen molar-refractivity contribution in [1.29, 1.82) is 0 Å². The molecule has 1 unspecified atom stereocenters. The molecule has 94 valence electrons. The van der Waals surface area contributed by atoms with Crippen molar-refractivity contribution in [3.63, 3.8) is 0 Å². The molecule has 4 heteroatoms. The highest BCUT2D eigenvalue weighted by Crippen LogP contribution is 2.28. The van der Waals surface area contributed by atoms with Crippen LogP contribution in [0.5, 0.6) is 0 Å². The van der Waals surface area contributed by atoms with E-state index in [2.05, 4.69) is 33.4 Å². The van der Waals surface area contributed by atoms with Crippen LogP contribution in [0.15, 0.2) is 27.6 Å². The smallest absolute Gasteiger partial charge is 0.0463 e. The molecule has 0 amide bonds. The summed E-state index contributed by atoms with van der Waals surface area (Å²) in [5.41, 5.74) is 6.85. The molecule has 3 N–H and O–H groups in total. The van der Waals surface area contributed by atoms with Crippen LogP contribution in [0.3, 0.4) is 0 Å². The average Bonchev–Trinajstić information content (AvgIpc) is 2.33. The highest BCUT2D eigenvalue weighted by Gasteiger charge is 2.12. The van der Waals surface area contributed by atoms with Crippen molar-refractivity contribution >= 4 is 33.4 Å². The van der Waals surface area contributed by atoms with Crippen molar-refractivity contribution in [3.05, 3.63) is 22.7 Å². The predicted molar refractivity (Wildman–Crippen MR) is 79.5 cm³/mol. The minimum Gasteiger partial charge on any atom is -0.398 e. The van der Waals surface area contributed by atoms with Crippen molar-refractivity contribution in [1.82, 2.24) is 5.32 Å². The van der Waals surface area contributed by atoms with Crippen LogP contribution in [0.1, 0.15) is 25.7 Å². The summed E-state index contributed by atoms with van der Waals surface area (Å²) in [6.07, 6.45) is 5.28. The van der Waals surface area contributed by atoms with Gasteiger partial charge in [-0.1, -0.05) is 22.4 Å². The Morgan fingerprint density at radius 2 is 2.29 bits per heavy atom. The molecule has 1 atom stereocenters. The Morgan fingerprint density at radius 3 is 3.00 bits per heavy atom. The number of nitrogens with two attached hydrogens (primary N) is 1. The minimum atomic E-state index is 0.716. The van der Waals surface area contributed by atoms with Crippen LogP contribution in [-0.2, 0) is 0 Å². The van der Waals surface area contributed by atoms with E-state index in [0.29, 0.717) is 6.04 Å². The Labute approximate surface area is 116 Å². The molecule has 1 aromatic carbocycles. The Kier molecular flexibility index (Phi) is 5.19. The molecule has 0 saturated carbocycles. The Bertz CT molecular complexity index is 364. The standard InChI is InChI=1S/C13H19BrN2S/c14-10-4-5-13(12(15)9-10)17-8-6-11-3-1-2-7-16-11/h4-5,9,11,16H,1-3,6-8,15H2. The molecule has 1 aliphatic rings. The summed E-state index contributed by atoms with van der Waals surface area (Å²) in [5.74, 6) is 1.14. The van der Waals surface area contributed by atoms with Gasteiger partial charge in [0.15, 0.2) is 0 Å². The van der Waals surface area contributed by atoms with E-state index in [0.717, 1.165) is 15.9 Å². The zero-order valence-electron chi connectivity index (χ0n) is 9.92. The lowest BCUT2D eigenvalue weighted by molar-refractivity contribution is 0.395. The molecule has 0 spiro atoms. The summed E-state index contributed by atoms with van der Waals surface area (Å²) in [7, 11) is 0. The first kappa shape index (κ1) is 13.2. The lowest BCUT2D eigenvalue weighted by atomic mass is 10.0. The van der Waals surface area contributed by atoms with E-state index in [4.69, 9.17) is 5.73 Å². The highest BCUT2D eigenvalue weighted by atomic mass is 79.9. The lowest BCUT2D eigenvalue weighted by Gasteiger charge is -2.23. The molecule has 0 aliphatic carbocycles. The number of anilines is 1. The molecule has 0 bridgehead atoms. The maximum absolute atomic E-state index is 5.97. The summed E-state index contributed by atoms with van der Waals surface area (Å²) in [4.78, 5) is 1.20. The fourth-order valence-electron chi connectivity index (χ4n) is 2.13. The molecule has 1 aromatic rings. The third kappa shape index (κ3) is 4.19. The molecule has 0 radical (unpaired) electrons. The fourth-order valence-corrected chi connectivity index (χ4v) is 3.52. The van der Waals surface area contributed by atoms with Crippen molar-refractivity contribution < 1.29 is 0 Å². The molecule has 1 aliphatic heterocycles. The van der Waals surface area contributed by atoms with Gasteiger partial charge in [0.25, 0.3) is 0 Å². The largest absolute Gasteiger partial charge is 0.398 e. The first-order valence-electron chi connectivity index (χ1n) is 6.17. The number of thioether (sulfide) groups is 1. The second kappa shape index (κ2) is 6.66. The third-order valence-corrected chi connectivity index (χ3v) is 4.72. The molecule has 2 nitrogen and oxygen atoms in total. The van der Waals surface area contributed by atoms with E-state index in [-0.39, 0.29) is 0 Å². The quantitative estimate of drug-likeness (QED) is 0.658. The topological polar surface area (TPSA) is 38.0 Å². The first-order chi connectivity index (χ1) is 8.25. The second-order valence-corrected chi connectivity index (χ2v) is 6.52. The van der Waals surface area contributed by atoms with Gasteiger partial charge < -0.3 is 11.1 Å². The van der Waals surface area contributed by atoms with Crippen LogP contribution in [0, 0.1) is 0 Å². The van der Waals surface area contributed by atoms with Gasteiger partial charge in [-0.3, -0.25) is 0 Å². The fraction of sp³-hybridized carbons (Fsp3) is 0.538. The maximum atomic E-state index is 5.97. The van der Waals surface area contributed by atoms with Gasteiger partial charge in [0.1, 0.15) is 0 Å². The third-order valence-electron chi connectivity index (χ3n) is 3.11. The van der Waals surface area contributed by atoms with Crippen LogP contribution in [0.2, 0.25) is 0 Å². The summed E-state index contributed by atoms with van der Waals surface area (Å²) < 4.78 is 1.05. The van der Waals surface area contributed by atoms with Crippen LogP contribution in [0.4, 0.5) is 5.69 Å². The SMILES string of the molecule is Nc1cc(Br)ccc1SCCC1CCCCN1. The number of piperidine rings is 1. The van der Waals surface area contributed by atoms with Crippen molar-refractivity contribution in [2.24, 2.45) is 0 Å². The van der Waals surface area contributed by atoms with Gasteiger partial charge in [-0.15, -0.1) is 11.8 Å². The van der Waals surface area contributed by atoms with Gasteiger partial charge in [0.05, 0.1) is 0 Å².